The van der Waals surface area contributed by atoms with Gasteiger partial charge in [-0.25, -0.2) is 0 Å². The average Bonchev–Trinajstić information content (AvgIpc) is 2.78. The van der Waals surface area contributed by atoms with E-state index in [2.05, 4.69) is 21.3 Å². The molecule has 1 amide bonds. The lowest BCUT2D eigenvalue weighted by Gasteiger charge is -2.41. The Kier molecular flexibility index (Phi) is 9.32. The second kappa shape index (κ2) is 12.0. The molecule has 1 saturated heterocycles. The molecule has 0 spiro atoms. The summed E-state index contributed by atoms with van der Waals surface area (Å²) in [6.45, 7) is 7.16. The maximum Gasteiger partial charge on any atom is 0.237 e. The highest BCUT2D eigenvalue weighted by atomic mass is 32.2. The van der Waals surface area contributed by atoms with E-state index in [1.54, 1.807) is 6.20 Å². The van der Waals surface area contributed by atoms with Crippen molar-refractivity contribution in [3.05, 3.63) is 66.0 Å². The number of nitrogens with zero attached hydrogens (tertiary/aromatic N) is 2. The number of nitrogens with one attached hydrogen (secondary N) is 1. The number of aromatic nitrogens is 1. The van der Waals surface area contributed by atoms with Crippen LogP contribution in [0.1, 0.15) is 44.7 Å². The second-order valence-corrected chi connectivity index (χ2v) is 11.3. The van der Waals surface area contributed by atoms with E-state index in [1.165, 1.54) is 5.56 Å². The summed E-state index contributed by atoms with van der Waals surface area (Å²) in [4.78, 5) is 19.5. The van der Waals surface area contributed by atoms with E-state index in [0.29, 0.717) is 18.2 Å². The number of aliphatic hydroxyl groups excluding tert-OH is 1. The van der Waals surface area contributed by atoms with E-state index in [9.17, 15) is 9.90 Å². The molecule has 1 fully saturated rings. The van der Waals surface area contributed by atoms with Crippen LogP contribution in [0.4, 0.5) is 0 Å². The first-order valence-electron chi connectivity index (χ1n) is 11.8. The molecule has 1 aromatic heterocycles. The minimum atomic E-state index is -0.699. The SMILES string of the molecule is CC(C)(C)NC(=O)C1CC(SCc2cccnc2)CCN1CC(O)C(N)Cc1ccccc1. The number of benzene rings is 1. The molecule has 6 nitrogen and oxygen atoms in total. The molecule has 0 bridgehead atoms. The van der Waals surface area contributed by atoms with Gasteiger partial charge in [0.1, 0.15) is 0 Å². The molecular formula is C26H38N4O2S. The Morgan fingerprint density at radius 3 is 2.64 bits per heavy atom. The minimum Gasteiger partial charge on any atom is -0.390 e. The van der Waals surface area contributed by atoms with Crippen LogP contribution in [0.2, 0.25) is 0 Å². The molecule has 2 heterocycles. The molecule has 1 aliphatic heterocycles. The van der Waals surface area contributed by atoms with Crippen LogP contribution in [-0.2, 0) is 17.0 Å². The van der Waals surface area contributed by atoms with Gasteiger partial charge >= 0.3 is 0 Å². The highest BCUT2D eigenvalue weighted by molar-refractivity contribution is 7.99. The van der Waals surface area contributed by atoms with Gasteiger partial charge in [-0.15, -0.1) is 0 Å². The van der Waals surface area contributed by atoms with Crippen LogP contribution in [0.25, 0.3) is 0 Å². The van der Waals surface area contributed by atoms with Crippen molar-refractivity contribution in [2.75, 3.05) is 13.1 Å². The van der Waals surface area contributed by atoms with Crippen LogP contribution < -0.4 is 11.1 Å². The summed E-state index contributed by atoms with van der Waals surface area (Å²) in [7, 11) is 0. The maximum absolute atomic E-state index is 13.2. The fourth-order valence-corrected chi connectivity index (χ4v) is 5.36. The summed E-state index contributed by atoms with van der Waals surface area (Å²) < 4.78 is 0. The molecule has 33 heavy (non-hydrogen) atoms. The standard InChI is InChI=1S/C26H38N4O2S/c1-26(2,3)29-25(32)23-15-21(33-18-20-10-7-12-28-16-20)11-13-30(23)17-24(31)22(27)14-19-8-5-4-6-9-19/h4-10,12,16,21-24,31H,11,13-15,17-18,27H2,1-3H3,(H,29,32). The summed E-state index contributed by atoms with van der Waals surface area (Å²) in [5.74, 6) is 0.912. The molecule has 0 aliphatic carbocycles. The number of piperidine rings is 1. The van der Waals surface area contributed by atoms with Crippen LogP contribution in [0.15, 0.2) is 54.9 Å². The molecule has 3 rings (SSSR count). The third-order valence-corrected chi connectivity index (χ3v) is 7.30. The molecule has 0 radical (unpaired) electrons. The number of β-amino-alcohol motifs (C(OH)–C–C–N with tert-alkyl or cyclic N) is 1. The van der Waals surface area contributed by atoms with Gasteiger partial charge in [0.25, 0.3) is 0 Å². The first kappa shape index (κ1) is 25.7. The molecule has 7 heteroatoms. The number of carbonyl (C=O) groups excluding carboxylic acids is 1. The first-order valence-corrected chi connectivity index (χ1v) is 12.8. The number of likely N-dealkylation sites (tertiary alicyclic amines) is 1. The fourth-order valence-electron chi connectivity index (χ4n) is 4.17. The van der Waals surface area contributed by atoms with Crippen molar-refractivity contribution in [1.29, 1.82) is 0 Å². The highest BCUT2D eigenvalue weighted by Gasteiger charge is 2.36. The summed E-state index contributed by atoms with van der Waals surface area (Å²) in [6, 6.07) is 13.4. The molecule has 0 saturated carbocycles. The van der Waals surface area contributed by atoms with Crippen molar-refractivity contribution in [3.63, 3.8) is 0 Å². The first-order chi connectivity index (χ1) is 15.7. The van der Waals surface area contributed by atoms with Crippen molar-refractivity contribution in [2.45, 2.75) is 74.8 Å². The van der Waals surface area contributed by atoms with E-state index in [-0.39, 0.29) is 23.5 Å². The van der Waals surface area contributed by atoms with Gasteiger partial charge < -0.3 is 16.2 Å². The summed E-state index contributed by atoms with van der Waals surface area (Å²) in [6.07, 6.45) is 5.33. The topological polar surface area (TPSA) is 91.5 Å². The maximum atomic E-state index is 13.2. The molecule has 4 atom stereocenters. The van der Waals surface area contributed by atoms with Crippen molar-refractivity contribution < 1.29 is 9.90 Å². The predicted octanol–water partition coefficient (Wildman–Crippen LogP) is 2.99. The quantitative estimate of drug-likeness (QED) is 0.522. The lowest BCUT2D eigenvalue weighted by molar-refractivity contribution is -0.129. The van der Waals surface area contributed by atoms with E-state index < -0.39 is 6.10 Å². The van der Waals surface area contributed by atoms with Gasteiger partial charge in [0.2, 0.25) is 5.91 Å². The number of rotatable bonds is 9. The van der Waals surface area contributed by atoms with Gasteiger partial charge in [-0.3, -0.25) is 14.7 Å². The molecule has 4 unspecified atom stereocenters. The smallest absolute Gasteiger partial charge is 0.237 e. The van der Waals surface area contributed by atoms with Crippen molar-refractivity contribution >= 4 is 17.7 Å². The Morgan fingerprint density at radius 1 is 1.24 bits per heavy atom. The van der Waals surface area contributed by atoms with E-state index >= 15 is 0 Å². The zero-order valence-corrected chi connectivity index (χ0v) is 20.8. The largest absolute Gasteiger partial charge is 0.390 e. The third-order valence-electron chi connectivity index (χ3n) is 5.90. The zero-order valence-electron chi connectivity index (χ0n) is 20.0. The Bertz CT molecular complexity index is 860. The molecule has 1 aliphatic rings. The van der Waals surface area contributed by atoms with Crippen molar-refractivity contribution in [3.8, 4) is 0 Å². The van der Waals surface area contributed by atoms with E-state index in [1.807, 2.05) is 75.1 Å². The number of nitrogens with two attached hydrogens (primary N) is 1. The zero-order chi connectivity index (χ0) is 23.8. The number of hydrogen-bond acceptors (Lipinski definition) is 6. The van der Waals surface area contributed by atoms with E-state index in [0.717, 1.165) is 30.7 Å². The number of carbonyl (C=O) groups is 1. The fraction of sp³-hybridized carbons (Fsp3) is 0.538. The molecule has 180 valence electrons. The van der Waals surface area contributed by atoms with Gasteiger partial charge in [0.05, 0.1) is 12.1 Å². The molecular weight excluding hydrogens is 432 g/mol. The molecule has 1 aromatic carbocycles. The normalized spacial score (nSPS) is 21.4. The number of hydrogen-bond donors (Lipinski definition) is 3. The molecule has 2 aromatic rings. The van der Waals surface area contributed by atoms with Gasteiger partial charge in [0.15, 0.2) is 0 Å². The van der Waals surface area contributed by atoms with Crippen molar-refractivity contribution in [2.24, 2.45) is 5.73 Å². The van der Waals surface area contributed by atoms with Crippen LogP contribution in [-0.4, -0.2) is 63.0 Å². The highest BCUT2D eigenvalue weighted by Crippen LogP contribution is 2.30. The summed E-state index contributed by atoms with van der Waals surface area (Å²) in [5, 5.41) is 14.4. The third kappa shape index (κ3) is 8.41. The van der Waals surface area contributed by atoms with Crippen LogP contribution >= 0.6 is 11.8 Å². The van der Waals surface area contributed by atoms with Gasteiger partial charge in [0, 0.05) is 48.1 Å². The summed E-state index contributed by atoms with van der Waals surface area (Å²) in [5.41, 5.74) is 8.34. The van der Waals surface area contributed by atoms with E-state index in [4.69, 9.17) is 5.73 Å². The Labute approximate surface area is 202 Å². The minimum absolute atomic E-state index is 0.0259. The van der Waals surface area contributed by atoms with Gasteiger partial charge in [-0.05, 0) is 57.2 Å². The number of pyridine rings is 1. The van der Waals surface area contributed by atoms with Gasteiger partial charge in [-0.1, -0.05) is 36.4 Å². The van der Waals surface area contributed by atoms with Crippen LogP contribution in [0.5, 0.6) is 0 Å². The Morgan fingerprint density at radius 2 is 1.97 bits per heavy atom. The second-order valence-electron chi connectivity index (χ2n) is 9.99. The predicted molar refractivity (Wildman–Crippen MR) is 136 cm³/mol. The van der Waals surface area contributed by atoms with Gasteiger partial charge in [-0.2, -0.15) is 11.8 Å². The lowest BCUT2D eigenvalue weighted by Crippen LogP contribution is -2.58. The monoisotopic (exact) mass is 470 g/mol. The summed E-state index contributed by atoms with van der Waals surface area (Å²) >= 11 is 1.88. The number of thioether (sulfide) groups is 1. The van der Waals surface area contributed by atoms with Crippen LogP contribution in [0.3, 0.4) is 0 Å². The van der Waals surface area contributed by atoms with Crippen molar-refractivity contribution in [1.82, 2.24) is 15.2 Å². The van der Waals surface area contributed by atoms with Crippen LogP contribution in [0, 0.1) is 0 Å². The number of aliphatic hydroxyl groups is 1. The number of amides is 1. The molecule has 4 N–H and O–H groups in total. The lowest BCUT2D eigenvalue weighted by atomic mass is 9.96. The average molecular weight is 471 g/mol. The Hall–Kier alpha value is -1.93. The Balaban J connectivity index is 1.62.